The molecule has 0 atom stereocenters. The number of anilines is 1. The molecule has 2 aromatic heterocycles. The van der Waals surface area contributed by atoms with Crippen LogP contribution in [0, 0.1) is 5.82 Å². The summed E-state index contributed by atoms with van der Waals surface area (Å²) in [5.41, 5.74) is 9.24. The van der Waals surface area contributed by atoms with E-state index in [0.29, 0.717) is 27.7 Å². The van der Waals surface area contributed by atoms with Crippen LogP contribution in [0.15, 0.2) is 98.1 Å². The molecule has 0 bridgehead atoms. The van der Waals surface area contributed by atoms with E-state index in [9.17, 15) is 9.59 Å². The molecule has 5 aromatic rings. The van der Waals surface area contributed by atoms with Crippen molar-refractivity contribution in [3.63, 3.8) is 0 Å². The van der Waals surface area contributed by atoms with Crippen LogP contribution < -0.4 is 15.8 Å². The minimum absolute atomic E-state index is 0.113. The second-order valence-corrected chi connectivity index (χ2v) is 8.25. The Hall–Kier alpha value is -5.44. The Morgan fingerprint density at radius 1 is 0.974 bits per heavy atom. The first-order chi connectivity index (χ1) is 18.4. The maximum absolute atomic E-state index is 15.4. The maximum atomic E-state index is 15.4. The average Bonchev–Trinajstić information content (AvgIpc) is 2.92. The zero-order valence-corrected chi connectivity index (χ0v) is 19.9. The highest BCUT2D eigenvalue weighted by Crippen LogP contribution is 2.36. The molecule has 9 heteroatoms. The average molecular weight is 506 g/mol. The molecule has 0 aliphatic rings. The fourth-order valence-corrected chi connectivity index (χ4v) is 3.97. The number of amides is 2. The summed E-state index contributed by atoms with van der Waals surface area (Å²) >= 11 is 0. The van der Waals surface area contributed by atoms with E-state index >= 15 is 4.39 Å². The largest absolute Gasteiger partial charge is 0.439 e. The van der Waals surface area contributed by atoms with Crippen molar-refractivity contribution in [3.05, 3.63) is 109 Å². The Morgan fingerprint density at radius 2 is 1.84 bits per heavy atom. The van der Waals surface area contributed by atoms with Gasteiger partial charge in [0.15, 0.2) is 0 Å². The lowest BCUT2D eigenvalue weighted by Crippen LogP contribution is -2.10. The van der Waals surface area contributed by atoms with Gasteiger partial charge in [0.25, 0.3) is 0 Å². The fraction of sp³-hybridized carbons (Fsp3) is 0. The smallest absolute Gasteiger partial charge is 0.248 e. The van der Waals surface area contributed by atoms with Gasteiger partial charge in [-0.3, -0.25) is 9.59 Å². The Bertz CT molecular complexity index is 1720. The van der Waals surface area contributed by atoms with Gasteiger partial charge in [-0.05, 0) is 59.7 Å². The first kappa shape index (κ1) is 24.3. The van der Waals surface area contributed by atoms with Crippen molar-refractivity contribution >= 4 is 28.4 Å². The van der Waals surface area contributed by atoms with Crippen LogP contribution in [-0.2, 0) is 4.79 Å². The van der Waals surface area contributed by atoms with Crippen LogP contribution >= 0.6 is 0 Å². The lowest BCUT2D eigenvalue weighted by atomic mass is 9.95. The number of nitrogens with zero attached hydrogens (tertiary/aromatic N) is 3. The molecule has 8 nitrogen and oxygen atoms in total. The van der Waals surface area contributed by atoms with E-state index in [1.54, 1.807) is 30.5 Å². The number of rotatable bonds is 7. The monoisotopic (exact) mass is 505 g/mol. The number of hydrogen-bond acceptors (Lipinski definition) is 6. The number of halogens is 1. The van der Waals surface area contributed by atoms with Crippen LogP contribution in [-0.4, -0.2) is 26.8 Å². The van der Waals surface area contributed by atoms with E-state index in [4.69, 9.17) is 10.5 Å². The van der Waals surface area contributed by atoms with E-state index in [2.05, 4.69) is 26.8 Å². The summed E-state index contributed by atoms with van der Waals surface area (Å²) in [5.74, 6) is -1.16. The van der Waals surface area contributed by atoms with Crippen LogP contribution in [0.2, 0.25) is 0 Å². The van der Waals surface area contributed by atoms with Gasteiger partial charge in [-0.25, -0.2) is 19.3 Å². The van der Waals surface area contributed by atoms with E-state index in [1.165, 1.54) is 36.8 Å². The van der Waals surface area contributed by atoms with E-state index in [1.807, 2.05) is 24.3 Å². The van der Waals surface area contributed by atoms with Gasteiger partial charge in [-0.2, -0.15) is 0 Å². The summed E-state index contributed by atoms with van der Waals surface area (Å²) in [6.07, 6.45) is 5.68. The molecule has 0 unspecified atom stereocenters. The predicted octanol–water partition coefficient (Wildman–Crippen LogP) is 5.51. The molecule has 5 rings (SSSR count). The van der Waals surface area contributed by atoms with Crippen molar-refractivity contribution in [1.29, 1.82) is 0 Å². The van der Waals surface area contributed by atoms with Gasteiger partial charge >= 0.3 is 0 Å². The van der Waals surface area contributed by atoms with Gasteiger partial charge in [0.2, 0.25) is 17.7 Å². The minimum Gasteiger partial charge on any atom is -0.439 e. The van der Waals surface area contributed by atoms with Crippen molar-refractivity contribution in [3.8, 4) is 33.9 Å². The first-order valence-electron chi connectivity index (χ1n) is 11.4. The lowest BCUT2D eigenvalue weighted by Gasteiger charge is -2.13. The summed E-state index contributed by atoms with van der Waals surface area (Å²) in [5, 5.41) is 3.46. The van der Waals surface area contributed by atoms with Crippen molar-refractivity contribution in [2.75, 3.05) is 5.32 Å². The second kappa shape index (κ2) is 10.3. The standard InChI is InChI=1S/C29H20FN5O3/c1-2-26(36)35-21-5-3-4-17(11-21)24-12-19(10-20-15-32-16-34-28(20)24)23-7-6-22(14-25(23)30)38-27-13-18(29(31)37)8-9-33-27/h2-16H,1H2,(H2,31,37)(H,35,36). The molecule has 3 aromatic carbocycles. The molecule has 0 radical (unpaired) electrons. The van der Waals surface area contributed by atoms with Gasteiger partial charge in [-0.15, -0.1) is 0 Å². The number of benzene rings is 3. The lowest BCUT2D eigenvalue weighted by molar-refractivity contribution is -0.111. The van der Waals surface area contributed by atoms with E-state index in [0.717, 1.165) is 11.1 Å². The van der Waals surface area contributed by atoms with Crippen LogP contribution in [0.1, 0.15) is 10.4 Å². The molecular weight excluding hydrogens is 485 g/mol. The molecule has 0 aliphatic heterocycles. The zero-order valence-electron chi connectivity index (χ0n) is 19.9. The summed E-state index contributed by atoms with van der Waals surface area (Å²) in [4.78, 5) is 35.8. The number of nitrogens with one attached hydrogen (secondary N) is 1. The number of ether oxygens (including phenoxy) is 1. The van der Waals surface area contributed by atoms with Crippen molar-refractivity contribution in [1.82, 2.24) is 15.0 Å². The fourth-order valence-electron chi connectivity index (χ4n) is 3.97. The minimum atomic E-state index is -0.622. The number of nitrogens with two attached hydrogens (primary N) is 1. The number of fused-ring (bicyclic) bond motifs is 1. The normalized spacial score (nSPS) is 10.7. The number of pyridine rings is 1. The molecule has 0 spiro atoms. The maximum Gasteiger partial charge on any atom is 0.248 e. The van der Waals surface area contributed by atoms with Crippen molar-refractivity contribution in [2.24, 2.45) is 5.73 Å². The molecule has 0 aliphatic carbocycles. The van der Waals surface area contributed by atoms with Crippen LogP contribution in [0.25, 0.3) is 33.2 Å². The Kier molecular flexibility index (Phi) is 6.56. The topological polar surface area (TPSA) is 120 Å². The molecule has 3 N–H and O–H groups in total. The molecule has 38 heavy (non-hydrogen) atoms. The van der Waals surface area contributed by atoms with Crippen LogP contribution in [0.5, 0.6) is 11.6 Å². The first-order valence-corrected chi connectivity index (χ1v) is 11.4. The zero-order chi connectivity index (χ0) is 26.6. The Balaban J connectivity index is 1.54. The third-order valence-corrected chi connectivity index (χ3v) is 5.73. The highest BCUT2D eigenvalue weighted by atomic mass is 19.1. The van der Waals surface area contributed by atoms with Crippen molar-refractivity contribution < 1.29 is 18.7 Å². The van der Waals surface area contributed by atoms with Gasteiger partial charge in [0.1, 0.15) is 17.9 Å². The highest BCUT2D eigenvalue weighted by Gasteiger charge is 2.14. The third-order valence-electron chi connectivity index (χ3n) is 5.73. The Morgan fingerprint density at radius 3 is 2.63 bits per heavy atom. The summed E-state index contributed by atoms with van der Waals surface area (Å²) in [7, 11) is 0. The third kappa shape index (κ3) is 5.07. The molecule has 2 heterocycles. The van der Waals surface area contributed by atoms with E-state index in [-0.39, 0.29) is 23.1 Å². The molecule has 0 saturated heterocycles. The molecule has 0 saturated carbocycles. The summed E-state index contributed by atoms with van der Waals surface area (Å²) in [6.45, 7) is 3.48. The molecule has 0 fully saturated rings. The van der Waals surface area contributed by atoms with Gasteiger partial charge in [-0.1, -0.05) is 18.7 Å². The van der Waals surface area contributed by atoms with Crippen LogP contribution in [0.3, 0.4) is 0 Å². The van der Waals surface area contributed by atoms with Crippen molar-refractivity contribution in [2.45, 2.75) is 0 Å². The highest BCUT2D eigenvalue weighted by molar-refractivity contribution is 6.01. The summed E-state index contributed by atoms with van der Waals surface area (Å²) < 4.78 is 21.0. The summed E-state index contributed by atoms with van der Waals surface area (Å²) in [6, 6.07) is 18.2. The SMILES string of the molecule is C=CC(=O)Nc1cccc(-c2cc(-c3ccc(Oc4cc(C(N)=O)ccn4)cc3F)cc3cncnc23)c1. The van der Waals surface area contributed by atoms with Crippen LogP contribution in [0.4, 0.5) is 10.1 Å². The van der Waals surface area contributed by atoms with E-state index < -0.39 is 11.7 Å². The molecule has 186 valence electrons. The molecule has 2 amide bonds. The van der Waals surface area contributed by atoms with Gasteiger partial charge in [0, 0.05) is 52.3 Å². The second-order valence-electron chi connectivity index (χ2n) is 8.25. The predicted molar refractivity (Wildman–Crippen MR) is 142 cm³/mol. The quantitative estimate of drug-likeness (QED) is 0.281. The number of hydrogen-bond donors (Lipinski definition) is 2. The number of carbonyl (C=O) groups is 2. The molecular formula is C29H20FN5O3. The van der Waals surface area contributed by atoms with Gasteiger partial charge < -0.3 is 15.8 Å². The number of carbonyl (C=O) groups excluding carboxylic acids is 2. The van der Waals surface area contributed by atoms with Gasteiger partial charge in [0.05, 0.1) is 5.52 Å². The number of primary amides is 1. The Labute approximate surface area is 216 Å². The number of aromatic nitrogens is 3.